The molecule has 2 atom stereocenters. The molecule has 2 heterocycles. The Bertz CT molecular complexity index is 1150. The number of hydrogen-bond donors (Lipinski definition) is 1. The van der Waals surface area contributed by atoms with E-state index in [9.17, 15) is 14.4 Å². The van der Waals surface area contributed by atoms with Crippen molar-refractivity contribution >= 4 is 23.5 Å². The van der Waals surface area contributed by atoms with Gasteiger partial charge in [-0.2, -0.15) is 0 Å². The van der Waals surface area contributed by atoms with Crippen LogP contribution in [0.1, 0.15) is 53.2 Å². The van der Waals surface area contributed by atoms with Crippen molar-refractivity contribution in [2.75, 3.05) is 38.7 Å². The number of likely N-dealkylation sites (N-methyl/N-ethyl adjacent to an activating group) is 1. The molecule has 2 aliphatic heterocycles. The Morgan fingerprint density at radius 3 is 2.62 bits per heavy atom. The summed E-state index contributed by atoms with van der Waals surface area (Å²) in [5.41, 5.74) is 4.71. The van der Waals surface area contributed by atoms with Gasteiger partial charge in [-0.05, 0) is 68.0 Å². The van der Waals surface area contributed by atoms with E-state index in [4.69, 9.17) is 4.74 Å². The number of nitrogens with zero attached hydrogens (tertiary/aromatic N) is 3. The molecule has 2 aromatic rings. The van der Waals surface area contributed by atoms with Crippen LogP contribution in [0.25, 0.3) is 0 Å². The van der Waals surface area contributed by atoms with Crippen LogP contribution in [-0.4, -0.2) is 73.6 Å². The number of carbonyl (C=O) groups excluding carboxylic acids is 3. The van der Waals surface area contributed by atoms with Crippen LogP contribution in [0.2, 0.25) is 0 Å². The number of nitrogens with one attached hydrogen (secondary N) is 1. The van der Waals surface area contributed by atoms with Gasteiger partial charge in [0.25, 0.3) is 5.91 Å². The largest absolute Gasteiger partial charge is 0.377 e. The maximum Gasteiger partial charge on any atom is 0.318 e. The highest BCUT2D eigenvalue weighted by molar-refractivity contribution is 6.06. The van der Waals surface area contributed by atoms with Crippen LogP contribution in [0, 0.1) is 6.92 Å². The Labute approximate surface area is 219 Å². The highest BCUT2D eigenvalue weighted by Crippen LogP contribution is 2.28. The zero-order valence-corrected chi connectivity index (χ0v) is 22.3. The molecule has 0 spiro atoms. The number of fused-ring (bicyclic) bond motifs is 1. The molecule has 0 saturated carbocycles. The van der Waals surface area contributed by atoms with Gasteiger partial charge in [-0.25, -0.2) is 4.79 Å². The third-order valence-electron chi connectivity index (χ3n) is 7.28. The van der Waals surface area contributed by atoms with E-state index in [2.05, 4.69) is 11.4 Å². The highest BCUT2D eigenvalue weighted by atomic mass is 16.5. The standard InChI is InChI=1S/C29H38N4O4/c1-5-37-24-17-26(28(35)31(3)4)33(19-24)29(36)30-18-23-14-13-22(16-20(23)2)27(34)32-15-9-8-11-21-10-6-7-12-25(21)32/h6-7,10,12-14,16,24,26H,5,8-9,11,15,17-19H2,1-4H3,(H,30,36)/t24-,26+/m1/s1. The number of ether oxygens (including phenoxy) is 1. The van der Waals surface area contributed by atoms with Crippen molar-refractivity contribution in [1.82, 2.24) is 15.1 Å². The number of para-hydroxylation sites is 1. The van der Waals surface area contributed by atoms with Gasteiger partial charge in [0, 0.05) is 58.0 Å². The summed E-state index contributed by atoms with van der Waals surface area (Å²) < 4.78 is 5.71. The lowest BCUT2D eigenvalue weighted by Gasteiger charge is -2.26. The van der Waals surface area contributed by atoms with Crippen LogP contribution in [-0.2, 0) is 22.5 Å². The molecule has 0 aliphatic carbocycles. The summed E-state index contributed by atoms with van der Waals surface area (Å²) in [6.45, 7) is 5.80. The van der Waals surface area contributed by atoms with E-state index in [0.717, 1.165) is 36.1 Å². The van der Waals surface area contributed by atoms with E-state index in [-0.39, 0.29) is 23.9 Å². The van der Waals surface area contributed by atoms with E-state index in [1.165, 1.54) is 10.5 Å². The lowest BCUT2D eigenvalue weighted by Crippen LogP contribution is -2.49. The fourth-order valence-corrected chi connectivity index (χ4v) is 5.27. The second kappa shape index (κ2) is 11.8. The van der Waals surface area contributed by atoms with Crippen molar-refractivity contribution in [2.45, 2.75) is 58.2 Å². The molecule has 1 N–H and O–H groups in total. The van der Waals surface area contributed by atoms with Crippen molar-refractivity contribution < 1.29 is 19.1 Å². The molecule has 4 amide bonds. The summed E-state index contributed by atoms with van der Waals surface area (Å²) in [4.78, 5) is 44.2. The molecular formula is C29H38N4O4. The lowest BCUT2D eigenvalue weighted by atomic mass is 10.0. The molecule has 4 rings (SSSR count). The maximum atomic E-state index is 13.5. The van der Waals surface area contributed by atoms with Gasteiger partial charge in [0.2, 0.25) is 5.91 Å². The Hall–Kier alpha value is -3.39. The quantitative estimate of drug-likeness (QED) is 0.647. The smallest absolute Gasteiger partial charge is 0.318 e. The van der Waals surface area contributed by atoms with Crippen LogP contribution in [0.15, 0.2) is 42.5 Å². The van der Waals surface area contributed by atoms with E-state index in [1.807, 2.05) is 55.1 Å². The Morgan fingerprint density at radius 1 is 1.11 bits per heavy atom. The Morgan fingerprint density at radius 2 is 1.89 bits per heavy atom. The molecule has 0 aromatic heterocycles. The van der Waals surface area contributed by atoms with Gasteiger partial charge in [-0.1, -0.05) is 24.3 Å². The summed E-state index contributed by atoms with van der Waals surface area (Å²) in [6.07, 6.45) is 3.37. The molecular weight excluding hydrogens is 468 g/mol. The maximum absolute atomic E-state index is 13.5. The van der Waals surface area contributed by atoms with E-state index in [1.54, 1.807) is 19.0 Å². The van der Waals surface area contributed by atoms with Crippen molar-refractivity contribution in [1.29, 1.82) is 0 Å². The molecule has 2 aromatic carbocycles. The minimum Gasteiger partial charge on any atom is -0.377 e. The molecule has 0 unspecified atom stereocenters. The highest BCUT2D eigenvalue weighted by Gasteiger charge is 2.40. The Balaban J connectivity index is 1.44. The topological polar surface area (TPSA) is 82.2 Å². The second-order valence-electron chi connectivity index (χ2n) is 10.1. The zero-order chi connectivity index (χ0) is 26.5. The van der Waals surface area contributed by atoms with Crippen LogP contribution >= 0.6 is 0 Å². The first kappa shape index (κ1) is 26.7. The molecule has 8 heteroatoms. The molecule has 8 nitrogen and oxygen atoms in total. The van der Waals surface area contributed by atoms with Crippen molar-refractivity contribution in [3.8, 4) is 0 Å². The number of carbonyl (C=O) groups is 3. The third kappa shape index (κ3) is 5.96. The molecule has 0 radical (unpaired) electrons. The molecule has 1 fully saturated rings. The fourth-order valence-electron chi connectivity index (χ4n) is 5.27. The van der Waals surface area contributed by atoms with Gasteiger partial charge in [-0.3, -0.25) is 9.59 Å². The number of urea groups is 1. The average molecular weight is 507 g/mol. The second-order valence-corrected chi connectivity index (χ2v) is 10.1. The van der Waals surface area contributed by atoms with Crippen LogP contribution in [0.4, 0.5) is 10.5 Å². The first-order valence-electron chi connectivity index (χ1n) is 13.2. The molecule has 0 bridgehead atoms. The van der Waals surface area contributed by atoms with Gasteiger partial charge in [0.15, 0.2) is 0 Å². The van der Waals surface area contributed by atoms with Crippen LogP contribution in [0.5, 0.6) is 0 Å². The number of hydrogen-bond acceptors (Lipinski definition) is 4. The lowest BCUT2D eigenvalue weighted by molar-refractivity contribution is -0.132. The number of anilines is 1. The SMILES string of the molecule is CCO[C@@H]1C[C@@H](C(=O)N(C)C)N(C(=O)NCc2ccc(C(=O)N3CCCCc4ccccc43)cc2C)C1. The van der Waals surface area contributed by atoms with Crippen LogP contribution < -0.4 is 10.2 Å². The van der Waals surface area contributed by atoms with Crippen molar-refractivity contribution in [3.05, 3.63) is 64.7 Å². The van der Waals surface area contributed by atoms with Gasteiger partial charge in [0.1, 0.15) is 6.04 Å². The minimum absolute atomic E-state index is 0.00268. The zero-order valence-electron chi connectivity index (χ0n) is 22.3. The molecule has 1 saturated heterocycles. The molecule has 37 heavy (non-hydrogen) atoms. The molecule has 2 aliphatic rings. The molecule has 198 valence electrons. The van der Waals surface area contributed by atoms with Gasteiger partial charge >= 0.3 is 6.03 Å². The summed E-state index contributed by atoms with van der Waals surface area (Å²) in [7, 11) is 3.39. The summed E-state index contributed by atoms with van der Waals surface area (Å²) in [5.74, 6) is -0.108. The summed E-state index contributed by atoms with van der Waals surface area (Å²) in [5, 5.41) is 2.97. The number of likely N-dealkylation sites (tertiary alicyclic amines) is 1. The summed E-state index contributed by atoms with van der Waals surface area (Å²) >= 11 is 0. The first-order valence-corrected chi connectivity index (χ1v) is 13.2. The monoisotopic (exact) mass is 506 g/mol. The van der Waals surface area contributed by atoms with E-state index in [0.29, 0.717) is 38.2 Å². The number of rotatable bonds is 6. The number of benzene rings is 2. The van der Waals surface area contributed by atoms with Gasteiger partial charge < -0.3 is 24.8 Å². The predicted molar refractivity (Wildman–Crippen MR) is 144 cm³/mol. The van der Waals surface area contributed by atoms with Crippen molar-refractivity contribution in [2.24, 2.45) is 0 Å². The predicted octanol–water partition coefficient (Wildman–Crippen LogP) is 3.76. The van der Waals surface area contributed by atoms with Gasteiger partial charge in [0.05, 0.1) is 6.10 Å². The van der Waals surface area contributed by atoms with E-state index < -0.39 is 6.04 Å². The average Bonchev–Trinajstić information content (AvgIpc) is 3.19. The van der Waals surface area contributed by atoms with E-state index >= 15 is 0 Å². The number of aryl methyl sites for hydroxylation is 2. The third-order valence-corrected chi connectivity index (χ3v) is 7.28. The minimum atomic E-state index is -0.538. The fraction of sp³-hybridized carbons (Fsp3) is 0.483. The van der Waals surface area contributed by atoms with Crippen molar-refractivity contribution in [3.63, 3.8) is 0 Å². The van der Waals surface area contributed by atoms with Gasteiger partial charge in [-0.15, -0.1) is 0 Å². The first-order chi connectivity index (χ1) is 17.8. The van der Waals surface area contributed by atoms with Crippen LogP contribution in [0.3, 0.4) is 0 Å². The number of amides is 4. The summed E-state index contributed by atoms with van der Waals surface area (Å²) in [6, 6.07) is 13.0. The normalized spacial score (nSPS) is 19.2. The Kier molecular flexibility index (Phi) is 8.48.